The van der Waals surface area contributed by atoms with Gasteiger partial charge in [-0.3, -0.25) is 14.4 Å². The van der Waals surface area contributed by atoms with Gasteiger partial charge in [0.05, 0.1) is 13.0 Å². The molecule has 0 unspecified atom stereocenters. The maximum atomic E-state index is 12.5. The van der Waals surface area contributed by atoms with E-state index in [2.05, 4.69) is 15.5 Å². The number of carboxylic acid groups (broad SMARTS) is 1. The van der Waals surface area contributed by atoms with Gasteiger partial charge in [-0.2, -0.15) is 0 Å². The fourth-order valence-corrected chi connectivity index (χ4v) is 3.43. The van der Waals surface area contributed by atoms with Crippen molar-refractivity contribution in [3.05, 3.63) is 34.3 Å². The van der Waals surface area contributed by atoms with Crippen molar-refractivity contribution in [1.82, 2.24) is 15.1 Å². The van der Waals surface area contributed by atoms with Crippen molar-refractivity contribution >= 4 is 34.8 Å². The second-order valence-electron chi connectivity index (χ2n) is 6.00. The number of benzene rings is 1. The Bertz CT molecular complexity index is 843. The van der Waals surface area contributed by atoms with Gasteiger partial charge in [-0.1, -0.05) is 11.3 Å². The molecular formula is C17H18N4O5S. The minimum Gasteiger partial charge on any atom is -0.497 e. The van der Waals surface area contributed by atoms with Crippen LogP contribution in [0.4, 0.5) is 5.69 Å². The minimum absolute atomic E-state index is 0.0783. The molecule has 2 aromatic rings. The second kappa shape index (κ2) is 8.12. The van der Waals surface area contributed by atoms with Crippen LogP contribution in [0.2, 0.25) is 0 Å². The number of methoxy groups -OCH3 is 1. The van der Waals surface area contributed by atoms with Gasteiger partial charge in [0.15, 0.2) is 0 Å². The number of aromatic nitrogens is 2. The summed E-state index contributed by atoms with van der Waals surface area (Å²) < 4.78 is 5.06. The minimum atomic E-state index is -0.837. The van der Waals surface area contributed by atoms with Crippen molar-refractivity contribution < 1.29 is 24.2 Å². The molecule has 1 aromatic carbocycles. The predicted octanol–water partition coefficient (Wildman–Crippen LogP) is 1.74. The summed E-state index contributed by atoms with van der Waals surface area (Å²) in [7, 11) is 1.55. The Morgan fingerprint density at radius 2 is 1.78 bits per heavy atom. The van der Waals surface area contributed by atoms with E-state index in [0.717, 1.165) is 11.3 Å². The van der Waals surface area contributed by atoms with Crippen LogP contribution in [0.25, 0.3) is 0 Å². The molecule has 142 valence electrons. The number of amides is 2. The van der Waals surface area contributed by atoms with E-state index < -0.39 is 17.8 Å². The highest BCUT2D eigenvalue weighted by Crippen LogP contribution is 2.21. The molecule has 1 saturated heterocycles. The second-order valence-corrected chi connectivity index (χ2v) is 6.98. The summed E-state index contributed by atoms with van der Waals surface area (Å²) in [5.74, 6) is -1.38. The third-order valence-electron chi connectivity index (χ3n) is 4.28. The third-order valence-corrected chi connectivity index (χ3v) is 5.19. The number of nitrogens with zero attached hydrogens (tertiary/aromatic N) is 3. The van der Waals surface area contributed by atoms with E-state index >= 15 is 0 Å². The normalized spacial score (nSPS) is 14.6. The molecule has 2 N–H and O–H groups in total. The van der Waals surface area contributed by atoms with E-state index in [1.54, 1.807) is 36.3 Å². The standard InChI is InChI=1S/C17H18N4O5S/c1-26-12-4-2-11(3-5-12)18-13(22)14-19-20-15(27-14)16(23)21-8-6-10(7-9-21)17(24)25/h2-5,10H,6-9H2,1H3,(H,18,22)(H,24,25). The lowest BCUT2D eigenvalue weighted by Gasteiger charge is -2.29. The number of carbonyl (C=O) groups is 3. The lowest BCUT2D eigenvalue weighted by atomic mass is 9.97. The van der Waals surface area contributed by atoms with Crippen molar-refractivity contribution in [2.75, 3.05) is 25.5 Å². The lowest BCUT2D eigenvalue weighted by molar-refractivity contribution is -0.143. The number of piperidine rings is 1. The van der Waals surface area contributed by atoms with Gasteiger partial charge in [0.25, 0.3) is 11.8 Å². The summed E-state index contributed by atoms with van der Waals surface area (Å²) in [5.41, 5.74) is 0.569. The third kappa shape index (κ3) is 4.40. The molecule has 9 nitrogen and oxygen atoms in total. The van der Waals surface area contributed by atoms with Gasteiger partial charge in [-0.05, 0) is 37.1 Å². The quantitative estimate of drug-likeness (QED) is 0.797. The molecule has 2 amide bonds. The van der Waals surface area contributed by atoms with Crippen molar-refractivity contribution in [2.45, 2.75) is 12.8 Å². The van der Waals surface area contributed by atoms with E-state index in [1.807, 2.05) is 0 Å². The largest absolute Gasteiger partial charge is 0.497 e. The molecule has 0 atom stereocenters. The Balaban J connectivity index is 1.61. The molecule has 3 rings (SSSR count). The van der Waals surface area contributed by atoms with Gasteiger partial charge in [-0.15, -0.1) is 10.2 Å². The number of hydrogen-bond acceptors (Lipinski definition) is 7. The van der Waals surface area contributed by atoms with E-state index in [9.17, 15) is 14.4 Å². The maximum absolute atomic E-state index is 12.5. The van der Waals surface area contributed by atoms with Crippen LogP contribution in [0, 0.1) is 5.92 Å². The number of likely N-dealkylation sites (tertiary alicyclic amines) is 1. The monoisotopic (exact) mass is 390 g/mol. The van der Waals surface area contributed by atoms with Gasteiger partial charge in [0.1, 0.15) is 5.75 Å². The molecule has 2 heterocycles. The highest BCUT2D eigenvalue weighted by atomic mass is 32.1. The Morgan fingerprint density at radius 1 is 1.15 bits per heavy atom. The molecule has 1 fully saturated rings. The Kier molecular flexibility index (Phi) is 5.65. The molecule has 0 saturated carbocycles. The maximum Gasteiger partial charge on any atom is 0.306 e. The average Bonchev–Trinajstić information content (AvgIpc) is 3.18. The van der Waals surface area contributed by atoms with Gasteiger partial charge in [0, 0.05) is 18.8 Å². The molecule has 0 radical (unpaired) electrons. The summed E-state index contributed by atoms with van der Waals surface area (Å²) in [5, 5.41) is 19.5. The Morgan fingerprint density at radius 3 is 2.37 bits per heavy atom. The number of anilines is 1. The molecule has 1 aromatic heterocycles. The van der Waals surface area contributed by atoms with Crippen LogP contribution in [-0.4, -0.2) is 58.2 Å². The predicted molar refractivity (Wildman–Crippen MR) is 97.1 cm³/mol. The Labute approximate surface area is 159 Å². The van der Waals surface area contributed by atoms with Crippen LogP contribution in [0.15, 0.2) is 24.3 Å². The van der Waals surface area contributed by atoms with Gasteiger partial charge < -0.3 is 20.1 Å². The number of aliphatic carboxylic acids is 1. The summed E-state index contributed by atoms with van der Waals surface area (Å²) >= 11 is 0.910. The molecular weight excluding hydrogens is 372 g/mol. The number of carboxylic acids is 1. The lowest BCUT2D eigenvalue weighted by Crippen LogP contribution is -2.40. The SMILES string of the molecule is COc1ccc(NC(=O)c2nnc(C(=O)N3CCC(C(=O)O)CC3)s2)cc1. The van der Waals surface area contributed by atoms with Crippen molar-refractivity contribution in [3.63, 3.8) is 0 Å². The molecule has 27 heavy (non-hydrogen) atoms. The fourth-order valence-electron chi connectivity index (χ4n) is 2.73. The van der Waals surface area contributed by atoms with Crippen LogP contribution in [0.5, 0.6) is 5.75 Å². The van der Waals surface area contributed by atoms with Crippen LogP contribution < -0.4 is 10.1 Å². The van der Waals surface area contributed by atoms with E-state index in [4.69, 9.17) is 9.84 Å². The zero-order valence-corrected chi connectivity index (χ0v) is 15.4. The number of ether oxygens (including phenoxy) is 1. The number of nitrogens with one attached hydrogen (secondary N) is 1. The van der Waals surface area contributed by atoms with E-state index in [1.165, 1.54) is 0 Å². The molecule has 0 bridgehead atoms. The molecule has 0 spiro atoms. The number of rotatable bonds is 5. The molecule has 0 aliphatic carbocycles. The van der Waals surface area contributed by atoms with Gasteiger partial charge in [-0.25, -0.2) is 0 Å². The van der Waals surface area contributed by atoms with Crippen LogP contribution in [-0.2, 0) is 4.79 Å². The smallest absolute Gasteiger partial charge is 0.306 e. The van der Waals surface area contributed by atoms with Crippen molar-refractivity contribution in [1.29, 1.82) is 0 Å². The van der Waals surface area contributed by atoms with Crippen molar-refractivity contribution in [3.8, 4) is 5.75 Å². The first-order chi connectivity index (χ1) is 13.0. The van der Waals surface area contributed by atoms with Gasteiger partial charge >= 0.3 is 5.97 Å². The topological polar surface area (TPSA) is 122 Å². The molecule has 1 aliphatic heterocycles. The summed E-state index contributed by atoms with van der Waals surface area (Å²) in [6.07, 6.45) is 0.815. The summed E-state index contributed by atoms with van der Waals surface area (Å²) in [6.45, 7) is 0.700. The summed E-state index contributed by atoms with van der Waals surface area (Å²) in [6, 6.07) is 6.81. The average molecular weight is 390 g/mol. The first kappa shape index (κ1) is 18.8. The van der Waals surface area contributed by atoms with E-state index in [0.29, 0.717) is 37.4 Å². The highest BCUT2D eigenvalue weighted by Gasteiger charge is 2.29. The number of hydrogen-bond donors (Lipinski definition) is 2. The Hall–Kier alpha value is -3.01. The highest BCUT2D eigenvalue weighted by molar-refractivity contribution is 7.15. The zero-order valence-electron chi connectivity index (χ0n) is 14.5. The number of carbonyl (C=O) groups excluding carboxylic acids is 2. The first-order valence-electron chi connectivity index (χ1n) is 8.29. The van der Waals surface area contributed by atoms with Gasteiger partial charge in [0.2, 0.25) is 10.0 Å². The first-order valence-corrected chi connectivity index (χ1v) is 9.10. The summed E-state index contributed by atoms with van der Waals surface area (Å²) in [4.78, 5) is 37.3. The fraction of sp³-hybridized carbons (Fsp3) is 0.353. The van der Waals surface area contributed by atoms with Crippen LogP contribution in [0.1, 0.15) is 32.4 Å². The zero-order chi connectivity index (χ0) is 19.4. The molecule has 10 heteroatoms. The van der Waals surface area contributed by atoms with E-state index in [-0.39, 0.29) is 15.9 Å². The van der Waals surface area contributed by atoms with Crippen molar-refractivity contribution in [2.24, 2.45) is 5.92 Å². The molecule has 1 aliphatic rings. The van der Waals surface area contributed by atoms with Crippen LogP contribution >= 0.6 is 11.3 Å². The van der Waals surface area contributed by atoms with Crippen LogP contribution in [0.3, 0.4) is 0 Å².